The predicted molar refractivity (Wildman–Crippen MR) is 71.9 cm³/mol. The lowest BCUT2D eigenvalue weighted by molar-refractivity contribution is 0.0601. The lowest BCUT2D eigenvalue weighted by Crippen LogP contribution is -2.01. The van der Waals surface area contributed by atoms with Crippen molar-refractivity contribution < 1.29 is 9.53 Å². The van der Waals surface area contributed by atoms with Crippen LogP contribution in [-0.2, 0) is 4.74 Å². The molecule has 0 saturated heterocycles. The molecule has 0 atom stereocenters. The summed E-state index contributed by atoms with van der Waals surface area (Å²) in [6.45, 7) is 1.85. The number of benzene rings is 1. The molecule has 3 rings (SSSR count). The Hall–Kier alpha value is -2.63. The van der Waals surface area contributed by atoms with Gasteiger partial charge in [-0.2, -0.15) is 5.10 Å². The Morgan fingerprint density at radius 2 is 2.21 bits per heavy atom. The SMILES string of the molecule is COC(=O)c1ccc2nc(N)c3c(C)n[nH]c3c2c1. The molecule has 6 nitrogen and oxygen atoms in total. The van der Waals surface area contributed by atoms with Gasteiger partial charge in [-0.15, -0.1) is 0 Å². The number of aryl methyl sites for hydroxylation is 1. The maximum atomic E-state index is 11.6. The highest BCUT2D eigenvalue weighted by Crippen LogP contribution is 2.28. The number of hydrogen-bond donors (Lipinski definition) is 2. The first-order chi connectivity index (χ1) is 9.11. The van der Waals surface area contributed by atoms with Crippen molar-refractivity contribution in [1.82, 2.24) is 15.2 Å². The van der Waals surface area contributed by atoms with E-state index in [9.17, 15) is 4.79 Å². The van der Waals surface area contributed by atoms with Gasteiger partial charge in [0.25, 0.3) is 0 Å². The lowest BCUT2D eigenvalue weighted by atomic mass is 10.1. The zero-order valence-corrected chi connectivity index (χ0v) is 10.5. The van der Waals surface area contributed by atoms with E-state index >= 15 is 0 Å². The molecule has 0 amide bonds. The van der Waals surface area contributed by atoms with Crippen LogP contribution >= 0.6 is 0 Å². The van der Waals surface area contributed by atoms with E-state index in [2.05, 4.69) is 15.2 Å². The molecule has 0 unspecified atom stereocenters. The first-order valence-corrected chi connectivity index (χ1v) is 5.74. The number of carbonyl (C=O) groups excluding carboxylic acids is 1. The maximum Gasteiger partial charge on any atom is 0.337 e. The van der Waals surface area contributed by atoms with Crippen LogP contribution in [0.2, 0.25) is 0 Å². The molecule has 0 aliphatic carbocycles. The monoisotopic (exact) mass is 256 g/mol. The number of hydrogen-bond acceptors (Lipinski definition) is 5. The van der Waals surface area contributed by atoms with Crippen molar-refractivity contribution in [2.75, 3.05) is 12.8 Å². The van der Waals surface area contributed by atoms with Gasteiger partial charge in [0.1, 0.15) is 5.82 Å². The molecule has 96 valence electrons. The van der Waals surface area contributed by atoms with E-state index in [-0.39, 0.29) is 5.97 Å². The van der Waals surface area contributed by atoms with Gasteiger partial charge < -0.3 is 10.5 Å². The molecule has 0 aliphatic heterocycles. The first-order valence-electron chi connectivity index (χ1n) is 5.74. The number of nitrogens with zero attached hydrogens (tertiary/aromatic N) is 2. The van der Waals surface area contributed by atoms with Crippen LogP contribution in [0.3, 0.4) is 0 Å². The second kappa shape index (κ2) is 3.94. The number of pyridine rings is 1. The van der Waals surface area contributed by atoms with Gasteiger partial charge in [0, 0.05) is 5.39 Å². The van der Waals surface area contributed by atoms with E-state index in [1.54, 1.807) is 18.2 Å². The van der Waals surface area contributed by atoms with Crippen LogP contribution < -0.4 is 5.73 Å². The van der Waals surface area contributed by atoms with Crippen molar-refractivity contribution in [3.05, 3.63) is 29.5 Å². The van der Waals surface area contributed by atoms with Gasteiger partial charge in [-0.3, -0.25) is 5.10 Å². The van der Waals surface area contributed by atoms with Gasteiger partial charge in [-0.05, 0) is 25.1 Å². The number of anilines is 1. The number of nitrogen functional groups attached to an aromatic ring is 1. The molecule has 0 saturated carbocycles. The highest BCUT2D eigenvalue weighted by molar-refractivity contribution is 6.10. The highest BCUT2D eigenvalue weighted by Gasteiger charge is 2.13. The third-order valence-corrected chi connectivity index (χ3v) is 3.13. The standard InChI is InChI=1S/C13H12N4O2/c1-6-10-11(17-16-6)8-5-7(13(18)19-2)3-4-9(8)15-12(10)14/h3-5H,1-2H3,(H2,14,15)(H,16,17). The van der Waals surface area contributed by atoms with Gasteiger partial charge in [0.15, 0.2) is 0 Å². The number of H-pyrrole nitrogens is 1. The molecule has 2 heterocycles. The van der Waals surface area contributed by atoms with E-state index in [4.69, 9.17) is 10.5 Å². The molecule has 19 heavy (non-hydrogen) atoms. The Morgan fingerprint density at radius 3 is 2.95 bits per heavy atom. The Morgan fingerprint density at radius 1 is 1.42 bits per heavy atom. The maximum absolute atomic E-state index is 11.6. The average Bonchev–Trinajstić information content (AvgIpc) is 2.81. The zero-order valence-electron chi connectivity index (χ0n) is 10.5. The summed E-state index contributed by atoms with van der Waals surface area (Å²) in [5, 5.41) is 8.66. The molecular formula is C13H12N4O2. The number of fused-ring (bicyclic) bond motifs is 3. The van der Waals surface area contributed by atoms with E-state index in [0.29, 0.717) is 16.9 Å². The van der Waals surface area contributed by atoms with E-state index in [1.165, 1.54) is 7.11 Å². The zero-order chi connectivity index (χ0) is 13.6. The quantitative estimate of drug-likeness (QED) is 0.647. The number of ether oxygens (including phenoxy) is 1. The van der Waals surface area contributed by atoms with Crippen LogP contribution in [0, 0.1) is 6.92 Å². The molecular weight excluding hydrogens is 244 g/mol. The summed E-state index contributed by atoms with van der Waals surface area (Å²) in [4.78, 5) is 15.9. The number of aromatic nitrogens is 3. The Kier molecular flexibility index (Phi) is 2.38. The Bertz CT molecular complexity index is 807. The molecule has 0 radical (unpaired) electrons. The van der Waals surface area contributed by atoms with Crippen molar-refractivity contribution in [3.63, 3.8) is 0 Å². The Labute approximate surface area is 108 Å². The lowest BCUT2D eigenvalue weighted by Gasteiger charge is -2.04. The minimum atomic E-state index is -0.386. The highest BCUT2D eigenvalue weighted by atomic mass is 16.5. The number of methoxy groups -OCH3 is 1. The van der Waals surface area contributed by atoms with Crippen LogP contribution in [0.5, 0.6) is 0 Å². The summed E-state index contributed by atoms with van der Waals surface area (Å²) in [7, 11) is 1.35. The van der Waals surface area contributed by atoms with Crippen LogP contribution in [0.4, 0.5) is 5.82 Å². The largest absolute Gasteiger partial charge is 0.465 e. The van der Waals surface area contributed by atoms with E-state index in [1.807, 2.05) is 6.92 Å². The topological polar surface area (TPSA) is 93.9 Å². The fourth-order valence-electron chi connectivity index (χ4n) is 2.21. The summed E-state index contributed by atoms with van der Waals surface area (Å²) in [5.41, 5.74) is 8.67. The normalized spacial score (nSPS) is 11.1. The van der Waals surface area contributed by atoms with Crippen LogP contribution in [0.25, 0.3) is 21.8 Å². The number of esters is 1. The van der Waals surface area contributed by atoms with E-state index in [0.717, 1.165) is 22.0 Å². The number of nitrogens with two attached hydrogens (primary N) is 1. The third kappa shape index (κ3) is 1.61. The second-order valence-corrected chi connectivity index (χ2v) is 4.28. The molecule has 3 N–H and O–H groups in total. The number of carbonyl (C=O) groups is 1. The fraction of sp³-hybridized carbons (Fsp3) is 0.154. The molecule has 0 bridgehead atoms. The van der Waals surface area contributed by atoms with Crippen molar-refractivity contribution in [1.29, 1.82) is 0 Å². The minimum Gasteiger partial charge on any atom is -0.465 e. The smallest absolute Gasteiger partial charge is 0.337 e. The van der Waals surface area contributed by atoms with Gasteiger partial charge in [0.2, 0.25) is 0 Å². The van der Waals surface area contributed by atoms with Gasteiger partial charge in [0.05, 0.1) is 34.8 Å². The summed E-state index contributed by atoms with van der Waals surface area (Å²) >= 11 is 0. The second-order valence-electron chi connectivity index (χ2n) is 4.28. The van der Waals surface area contributed by atoms with Crippen LogP contribution in [-0.4, -0.2) is 28.3 Å². The number of nitrogens with one attached hydrogen (secondary N) is 1. The van der Waals surface area contributed by atoms with Crippen molar-refractivity contribution in [3.8, 4) is 0 Å². The number of rotatable bonds is 1. The van der Waals surface area contributed by atoms with Crippen molar-refractivity contribution >= 4 is 33.6 Å². The van der Waals surface area contributed by atoms with Crippen molar-refractivity contribution in [2.24, 2.45) is 0 Å². The molecule has 1 aromatic carbocycles. The van der Waals surface area contributed by atoms with Gasteiger partial charge in [-0.25, -0.2) is 9.78 Å². The van der Waals surface area contributed by atoms with Gasteiger partial charge in [-0.1, -0.05) is 0 Å². The molecule has 0 spiro atoms. The summed E-state index contributed by atoms with van der Waals surface area (Å²) in [5.74, 6) is 0.0441. The first kappa shape index (κ1) is 11.5. The predicted octanol–water partition coefficient (Wildman–Crippen LogP) is 1.79. The molecule has 0 aliphatic rings. The fourth-order valence-corrected chi connectivity index (χ4v) is 2.21. The summed E-state index contributed by atoms with van der Waals surface area (Å²) < 4.78 is 4.72. The van der Waals surface area contributed by atoms with Gasteiger partial charge >= 0.3 is 5.97 Å². The summed E-state index contributed by atoms with van der Waals surface area (Å²) in [6.07, 6.45) is 0. The van der Waals surface area contributed by atoms with Crippen molar-refractivity contribution in [2.45, 2.75) is 6.92 Å². The number of aromatic amines is 1. The molecule has 2 aromatic heterocycles. The minimum absolute atomic E-state index is 0.386. The van der Waals surface area contributed by atoms with Crippen LogP contribution in [0.1, 0.15) is 16.1 Å². The van der Waals surface area contributed by atoms with Crippen LogP contribution in [0.15, 0.2) is 18.2 Å². The molecule has 0 fully saturated rings. The third-order valence-electron chi connectivity index (χ3n) is 3.13. The molecule has 3 aromatic rings. The average molecular weight is 256 g/mol. The Balaban J connectivity index is 2.41. The van der Waals surface area contributed by atoms with E-state index < -0.39 is 0 Å². The summed E-state index contributed by atoms with van der Waals surface area (Å²) in [6, 6.07) is 5.14. The molecule has 6 heteroatoms.